The lowest BCUT2D eigenvalue weighted by Gasteiger charge is -2.06. The van der Waals surface area contributed by atoms with Gasteiger partial charge >= 0.3 is 5.69 Å². The number of hydrogen-bond donors (Lipinski definition) is 0. The molecule has 0 bridgehead atoms. The molecule has 0 amide bonds. The Labute approximate surface area is 113 Å². The van der Waals surface area contributed by atoms with E-state index in [9.17, 15) is 18.5 Å². The van der Waals surface area contributed by atoms with Crippen molar-refractivity contribution in [1.82, 2.24) is 0 Å². The van der Waals surface area contributed by atoms with E-state index in [1.165, 1.54) is 12.1 Å². The molecule has 19 heavy (non-hydrogen) atoms. The summed E-state index contributed by atoms with van der Waals surface area (Å²) in [6.07, 6.45) is 0.114. The molecule has 1 aromatic carbocycles. The highest BCUT2D eigenvalue weighted by Crippen LogP contribution is 2.27. The molecule has 1 aromatic rings. The first-order valence-corrected chi connectivity index (χ1v) is 7.55. The first kappa shape index (κ1) is 15.2. The van der Waals surface area contributed by atoms with Crippen LogP contribution in [0.1, 0.15) is 12.0 Å². The minimum atomic E-state index is -3.60. The molecule has 0 saturated heterocycles. The topological polar surface area (TPSA) is 110 Å². The van der Waals surface area contributed by atoms with Crippen LogP contribution in [0, 0.1) is 21.4 Å². The summed E-state index contributed by atoms with van der Waals surface area (Å²) in [5.74, 6) is -0.297. The van der Waals surface area contributed by atoms with Crippen molar-refractivity contribution >= 4 is 25.4 Å². The Balaban J connectivity index is 2.73. The van der Waals surface area contributed by atoms with Gasteiger partial charge in [-0.2, -0.15) is 5.26 Å². The van der Waals surface area contributed by atoms with Crippen LogP contribution >= 0.6 is 10.7 Å². The summed E-state index contributed by atoms with van der Waals surface area (Å²) in [4.78, 5) is 10.1. The zero-order valence-electron chi connectivity index (χ0n) is 9.58. The number of hydrogen-bond acceptors (Lipinski definition) is 6. The Hall–Kier alpha value is -1.85. The Morgan fingerprint density at radius 2 is 2.16 bits per heavy atom. The standard InChI is InChI=1S/C10H9ClN2O5S/c11-19(16,17)5-1-4-18-10-3-2-8(7-12)6-9(10)13(14)15/h2-3,6H,1,4-5H2. The molecule has 0 aliphatic heterocycles. The molecule has 0 aromatic heterocycles. The third-order valence-corrected chi connectivity index (χ3v) is 3.31. The zero-order chi connectivity index (χ0) is 14.5. The van der Waals surface area contributed by atoms with Gasteiger partial charge in [-0.1, -0.05) is 0 Å². The lowest BCUT2D eigenvalue weighted by Crippen LogP contribution is -2.06. The largest absolute Gasteiger partial charge is 0.487 e. The Bertz CT molecular complexity index is 623. The predicted octanol–water partition coefficient (Wildman–Crippen LogP) is 1.80. The molecule has 0 aliphatic rings. The minimum absolute atomic E-state index is 0.0176. The van der Waals surface area contributed by atoms with Crippen molar-refractivity contribution in [2.24, 2.45) is 0 Å². The molecular formula is C10H9ClN2O5S. The van der Waals surface area contributed by atoms with Gasteiger partial charge in [0.2, 0.25) is 9.05 Å². The van der Waals surface area contributed by atoms with Gasteiger partial charge in [0.05, 0.1) is 28.9 Å². The molecule has 0 N–H and O–H groups in total. The fourth-order valence-electron chi connectivity index (χ4n) is 1.27. The number of nitrogens with zero attached hydrogens (tertiary/aromatic N) is 2. The van der Waals surface area contributed by atoms with E-state index in [0.29, 0.717) is 0 Å². The van der Waals surface area contributed by atoms with Crippen molar-refractivity contribution in [2.75, 3.05) is 12.4 Å². The lowest BCUT2D eigenvalue weighted by molar-refractivity contribution is -0.385. The predicted molar refractivity (Wildman–Crippen MR) is 67.6 cm³/mol. The number of benzene rings is 1. The van der Waals surface area contributed by atoms with Crippen molar-refractivity contribution in [3.05, 3.63) is 33.9 Å². The van der Waals surface area contributed by atoms with Crippen LogP contribution in [-0.2, 0) is 9.05 Å². The van der Waals surface area contributed by atoms with E-state index in [4.69, 9.17) is 20.7 Å². The Morgan fingerprint density at radius 3 is 2.68 bits per heavy atom. The Morgan fingerprint density at radius 1 is 1.47 bits per heavy atom. The van der Waals surface area contributed by atoms with Crippen LogP contribution in [0.5, 0.6) is 5.75 Å². The fourth-order valence-corrected chi connectivity index (χ4v) is 2.06. The van der Waals surface area contributed by atoms with Crippen molar-refractivity contribution < 1.29 is 18.1 Å². The highest BCUT2D eigenvalue weighted by Gasteiger charge is 2.16. The molecule has 0 spiro atoms. The molecule has 7 nitrogen and oxygen atoms in total. The van der Waals surface area contributed by atoms with Crippen LogP contribution < -0.4 is 4.74 Å². The van der Waals surface area contributed by atoms with Gasteiger partial charge in [-0.3, -0.25) is 10.1 Å². The van der Waals surface area contributed by atoms with E-state index in [2.05, 4.69) is 0 Å². The van der Waals surface area contributed by atoms with E-state index in [1.54, 1.807) is 6.07 Å². The zero-order valence-corrected chi connectivity index (χ0v) is 11.1. The molecule has 0 saturated carbocycles. The highest BCUT2D eigenvalue weighted by molar-refractivity contribution is 8.13. The lowest BCUT2D eigenvalue weighted by atomic mass is 10.2. The van der Waals surface area contributed by atoms with Crippen molar-refractivity contribution in [2.45, 2.75) is 6.42 Å². The summed E-state index contributed by atoms with van der Waals surface area (Å²) < 4.78 is 26.5. The quantitative estimate of drug-likeness (QED) is 0.343. The van der Waals surface area contributed by atoms with Crippen LogP contribution in [-0.4, -0.2) is 25.7 Å². The first-order valence-electron chi connectivity index (χ1n) is 5.07. The van der Waals surface area contributed by atoms with Crippen LogP contribution in [0.2, 0.25) is 0 Å². The summed E-state index contributed by atoms with van der Waals surface area (Å²) in [5.41, 5.74) is -0.199. The second-order valence-corrected chi connectivity index (χ2v) is 6.39. The summed E-state index contributed by atoms with van der Waals surface area (Å²) in [7, 11) is 1.41. The molecule has 9 heteroatoms. The first-order chi connectivity index (χ1) is 8.83. The monoisotopic (exact) mass is 304 g/mol. The number of ether oxygens (including phenoxy) is 1. The average molecular weight is 305 g/mol. The van der Waals surface area contributed by atoms with Crippen LogP contribution in [0.15, 0.2) is 18.2 Å². The summed E-state index contributed by atoms with van der Waals surface area (Å²) in [6, 6.07) is 5.54. The molecule has 1 rings (SSSR count). The molecule has 0 atom stereocenters. The SMILES string of the molecule is N#Cc1ccc(OCCCS(=O)(=O)Cl)c([N+](=O)[O-])c1. The van der Waals surface area contributed by atoms with Gasteiger partial charge in [0, 0.05) is 16.7 Å². The average Bonchev–Trinajstić information content (AvgIpc) is 2.33. The fraction of sp³-hybridized carbons (Fsp3) is 0.300. The van der Waals surface area contributed by atoms with Gasteiger partial charge in [-0.25, -0.2) is 8.42 Å². The van der Waals surface area contributed by atoms with Gasteiger partial charge in [-0.15, -0.1) is 0 Å². The third kappa shape index (κ3) is 5.11. The van der Waals surface area contributed by atoms with Crippen molar-refractivity contribution in [3.8, 4) is 11.8 Å². The van der Waals surface area contributed by atoms with E-state index in [-0.39, 0.29) is 35.8 Å². The maximum Gasteiger partial charge on any atom is 0.312 e. The third-order valence-electron chi connectivity index (χ3n) is 2.07. The number of halogens is 1. The maximum atomic E-state index is 10.8. The minimum Gasteiger partial charge on any atom is -0.487 e. The van der Waals surface area contributed by atoms with Crippen LogP contribution in [0.3, 0.4) is 0 Å². The molecule has 0 unspecified atom stereocenters. The summed E-state index contributed by atoms with van der Waals surface area (Å²) >= 11 is 0. The molecule has 0 fully saturated rings. The molecule has 0 radical (unpaired) electrons. The molecule has 0 heterocycles. The van der Waals surface area contributed by atoms with Gasteiger partial charge < -0.3 is 4.74 Å². The number of nitro groups is 1. The second kappa shape index (κ2) is 6.36. The highest BCUT2D eigenvalue weighted by atomic mass is 35.7. The van der Waals surface area contributed by atoms with E-state index in [1.807, 2.05) is 0 Å². The second-order valence-electron chi connectivity index (χ2n) is 3.50. The Kier molecular flexibility index (Phi) is 5.09. The van der Waals surface area contributed by atoms with Gasteiger partial charge in [-0.05, 0) is 18.6 Å². The molecular weight excluding hydrogens is 296 g/mol. The number of nitriles is 1. The number of rotatable bonds is 6. The van der Waals surface area contributed by atoms with E-state index >= 15 is 0 Å². The maximum absolute atomic E-state index is 10.8. The van der Waals surface area contributed by atoms with Gasteiger partial charge in [0.25, 0.3) is 0 Å². The van der Waals surface area contributed by atoms with Crippen LogP contribution in [0.4, 0.5) is 5.69 Å². The smallest absolute Gasteiger partial charge is 0.312 e. The van der Waals surface area contributed by atoms with Crippen LogP contribution in [0.25, 0.3) is 0 Å². The normalized spacial score (nSPS) is 10.7. The number of nitro benzene ring substituents is 1. The van der Waals surface area contributed by atoms with E-state index < -0.39 is 14.0 Å². The van der Waals surface area contributed by atoms with Gasteiger partial charge in [0.15, 0.2) is 5.75 Å². The van der Waals surface area contributed by atoms with Gasteiger partial charge in [0.1, 0.15) is 0 Å². The molecule has 102 valence electrons. The summed E-state index contributed by atoms with van der Waals surface area (Å²) in [6.45, 7) is -0.0291. The van der Waals surface area contributed by atoms with Crippen molar-refractivity contribution in [1.29, 1.82) is 5.26 Å². The molecule has 0 aliphatic carbocycles. The summed E-state index contributed by atoms with van der Waals surface area (Å²) in [5, 5.41) is 19.4. The van der Waals surface area contributed by atoms with E-state index in [0.717, 1.165) is 6.07 Å². The van der Waals surface area contributed by atoms with Crippen molar-refractivity contribution in [3.63, 3.8) is 0 Å².